The van der Waals surface area contributed by atoms with Gasteiger partial charge in [-0.15, -0.1) is 0 Å². The minimum atomic E-state index is -4.79. The van der Waals surface area contributed by atoms with Crippen LogP contribution in [0.3, 0.4) is 0 Å². The van der Waals surface area contributed by atoms with Crippen molar-refractivity contribution in [3.05, 3.63) is 116 Å². The molecule has 0 spiro atoms. The van der Waals surface area contributed by atoms with Crippen molar-refractivity contribution in [2.45, 2.75) is 33.2 Å². The molecule has 3 aromatic heterocycles. The molecule has 0 saturated heterocycles. The second-order valence-corrected chi connectivity index (χ2v) is 9.98. The van der Waals surface area contributed by atoms with Crippen LogP contribution >= 0.6 is 11.6 Å². The number of rotatable bonds is 8. The van der Waals surface area contributed by atoms with E-state index in [2.05, 4.69) is 16.5 Å². The molecule has 0 unspecified atom stereocenters. The highest BCUT2D eigenvalue weighted by Crippen LogP contribution is 2.34. The lowest BCUT2D eigenvalue weighted by Gasteiger charge is -2.21. The molecule has 4 rings (SSSR count). The zero-order valence-electron chi connectivity index (χ0n) is 22.8. The van der Waals surface area contributed by atoms with Gasteiger partial charge >= 0.3 is 6.18 Å². The van der Waals surface area contributed by atoms with Gasteiger partial charge in [-0.3, -0.25) is 9.78 Å². The molecule has 1 aromatic carbocycles. The summed E-state index contributed by atoms with van der Waals surface area (Å²) in [6.45, 7) is 6.65. The van der Waals surface area contributed by atoms with E-state index in [1.807, 2.05) is 0 Å². The molecule has 4 aromatic rings. The van der Waals surface area contributed by atoms with Crippen LogP contribution in [0.4, 0.5) is 17.6 Å². The van der Waals surface area contributed by atoms with E-state index < -0.39 is 23.1 Å². The van der Waals surface area contributed by atoms with Gasteiger partial charge in [0, 0.05) is 48.2 Å². The van der Waals surface area contributed by atoms with Gasteiger partial charge in [-0.1, -0.05) is 30.3 Å². The molecular weight excluding hydrogens is 560 g/mol. The lowest BCUT2D eigenvalue weighted by molar-refractivity contribution is -0.138. The number of aryl methyl sites for hydroxylation is 2. The highest BCUT2D eigenvalue weighted by molar-refractivity contribution is 6.31. The number of halogens is 5. The first kappa shape index (κ1) is 29.8. The quantitative estimate of drug-likeness (QED) is 0.163. The number of hydrogen-bond acceptors (Lipinski definition) is 5. The van der Waals surface area contributed by atoms with E-state index >= 15 is 0 Å². The van der Waals surface area contributed by atoms with Gasteiger partial charge in [0.15, 0.2) is 0 Å². The second-order valence-electron chi connectivity index (χ2n) is 9.57. The van der Waals surface area contributed by atoms with E-state index in [9.17, 15) is 22.4 Å². The lowest BCUT2D eigenvalue weighted by atomic mass is 10.0. The first-order chi connectivity index (χ1) is 19.3. The van der Waals surface area contributed by atoms with Crippen LogP contribution in [0.15, 0.2) is 71.9 Å². The van der Waals surface area contributed by atoms with Crippen LogP contribution in [-0.4, -0.2) is 33.5 Å². The van der Waals surface area contributed by atoms with Crippen molar-refractivity contribution in [1.82, 2.24) is 19.4 Å². The van der Waals surface area contributed by atoms with Crippen molar-refractivity contribution >= 4 is 28.2 Å². The van der Waals surface area contributed by atoms with E-state index in [1.165, 1.54) is 6.20 Å². The van der Waals surface area contributed by atoms with Crippen molar-refractivity contribution in [1.29, 1.82) is 0 Å². The summed E-state index contributed by atoms with van der Waals surface area (Å²) < 4.78 is 61.9. The highest BCUT2D eigenvalue weighted by atomic mass is 35.5. The third kappa shape index (κ3) is 6.27. The molecule has 0 N–H and O–H groups in total. The minimum Gasteiger partial charge on any atom is -0.486 e. The summed E-state index contributed by atoms with van der Waals surface area (Å²) in [5.41, 5.74) is 0.767. The van der Waals surface area contributed by atoms with Gasteiger partial charge in [-0.05, 0) is 50.3 Å². The predicted octanol–water partition coefficient (Wildman–Crippen LogP) is 7.09. The van der Waals surface area contributed by atoms with Crippen LogP contribution in [0.1, 0.15) is 33.8 Å². The Balaban J connectivity index is 1.76. The monoisotopic (exact) mass is 586 g/mol. The molecule has 0 saturated carbocycles. The zero-order valence-corrected chi connectivity index (χ0v) is 23.6. The zero-order chi connectivity index (χ0) is 30.1. The third-order valence-corrected chi connectivity index (χ3v) is 6.68. The molecule has 0 aliphatic rings. The number of aromatic nitrogens is 3. The van der Waals surface area contributed by atoms with Gasteiger partial charge in [0.1, 0.15) is 29.3 Å². The number of para-hydroxylation sites is 1. The second kappa shape index (κ2) is 11.7. The van der Waals surface area contributed by atoms with Crippen molar-refractivity contribution in [3.63, 3.8) is 0 Å². The first-order valence-electron chi connectivity index (χ1n) is 12.5. The number of hydrogen-bond donors (Lipinski definition) is 0. The van der Waals surface area contributed by atoms with E-state index in [-0.39, 0.29) is 23.9 Å². The number of benzene rings is 1. The Kier molecular flexibility index (Phi) is 8.53. The average Bonchev–Trinajstić information content (AvgIpc) is 2.88. The Morgan fingerprint density at radius 2 is 1.83 bits per heavy atom. The SMILES string of the molecule is C=C/C(F)=C(/c1cc(C)nc2c(OCc3c(Cl)cc(C)nc3Cn3cccc(C(F)(F)F)c3=O)cccc12)N(C)C. The molecule has 11 heteroatoms. The smallest absolute Gasteiger partial charge is 0.421 e. The van der Waals surface area contributed by atoms with Crippen LogP contribution in [0.5, 0.6) is 5.75 Å². The van der Waals surface area contributed by atoms with Gasteiger partial charge in [-0.2, -0.15) is 13.2 Å². The summed E-state index contributed by atoms with van der Waals surface area (Å²) in [4.78, 5) is 23.3. The van der Waals surface area contributed by atoms with Crippen molar-refractivity contribution in [2.75, 3.05) is 14.1 Å². The summed E-state index contributed by atoms with van der Waals surface area (Å²) in [7, 11) is 3.45. The summed E-state index contributed by atoms with van der Waals surface area (Å²) in [6.07, 6.45) is -2.39. The van der Waals surface area contributed by atoms with Gasteiger partial charge < -0.3 is 14.2 Å². The summed E-state index contributed by atoms with van der Waals surface area (Å²) >= 11 is 6.54. The van der Waals surface area contributed by atoms with Crippen LogP contribution in [0.25, 0.3) is 16.6 Å². The van der Waals surface area contributed by atoms with Gasteiger partial charge in [0.05, 0.1) is 23.0 Å². The van der Waals surface area contributed by atoms with E-state index in [4.69, 9.17) is 16.3 Å². The number of allylic oxidation sites excluding steroid dienone is 2. The molecule has 214 valence electrons. The first-order valence-corrected chi connectivity index (χ1v) is 12.8. The number of ether oxygens (including phenoxy) is 1. The van der Waals surface area contributed by atoms with Gasteiger partial charge in [0.2, 0.25) is 0 Å². The predicted molar refractivity (Wildman–Crippen MR) is 152 cm³/mol. The lowest BCUT2D eigenvalue weighted by Crippen LogP contribution is -2.29. The highest BCUT2D eigenvalue weighted by Gasteiger charge is 2.34. The van der Waals surface area contributed by atoms with E-state index in [0.717, 1.165) is 22.8 Å². The topological polar surface area (TPSA) is 60.3 Å². The Labute approximate surface area is 239 Å². The van der Waals surface area contributed by atoms with Crippen LogP contribution < -0.4 is 10.3 Å². The fourth-order valence-corrected chi connectivity index (χ4v) is 4.86. The van der Waals surface area contributed by atoms with Crippen LogP contribution in [0, 0.1) is 13.8 Å². The maximum atomic E-state index is 14.8. The molecule has 41 heavy (non-hydrogen) atoms. The van der Waals surface area contributed by atoms with Crippen LogP contribution in [-0.2, 0) is 19.3 Å². The maximum absolute atomic E-state index is 14.8. The third-order valence-electron chi connectivity index (χ3n) is 6.34. The Hall–Kier alpha value is -4.18. The summed E-state index contributed by atoms with van der Waals surface area (Å²) in [5.74, 6) is -0.122. The Morgan fingerprint density at radius 1 is 1.12 bits per heavy atom. The van der Waals surface area contributed by atoms with Crippen molar-refractivity contribution in [2.24, 2.45) is 0 Å². The Morgan fingerprint density at radius 3 is 2.49 bits per heavy atom. The average molecular weight is 587 g/mol. The van der Waals surface area contributed by atoms with Crippen LogP contribution in [0.2, 0.25) is 5.02 Å². The molecule has 0 bridgehead atoms. The summed E-state index contributed by atoms with van der Waals surface area (Å²) in [5, 5.41) is 0.918. The molecule has 0 atom stereocenters. The molecule has 3 heterocycles. The minimum absolute atomic E-state index is 0.114. The summed E-state index contributed by atoms with van der Waals surface area (Å²) in [6, 6.07) is 10.5. The number of pyridine rings is 3. The van der Waals surface area contributed by atoms with Gasteiger partial charge in [-0.25, -0.2) is 9.37 Å². The fourth-order valence-electron chi connectivity index (χ4n) is 4.53. The van der Waals surface area contributed by atoms with E-state index in [0.29, 0.717) is 44.9 Å². The maximum Gasteiger partial charge on any atom is 0.421 e. The molecular formula is C30H27ClF4N4O2. The molecule has 6 nitrogen and oxygen atoms in total. The molecule has 0 aliphatic carbocycles. The molecule has 0 amide bonds. The van der Waals surface area contributed by atoms with E-state index in [1.54, 1.807) is 63.2 Å². The van der Waals surface area contributed by atoms with Crippen molar-refractivity contribution in [3.8, 4) is 5.75 Å². The normalized spacial score (nSPS) is 12.3. The number of fused-ring (bicyclic) bond motifs is 1. The molecule has 0 aliphatic heterocycles. The van der Waals surface area contributed by atoms with Crippen molar-refractivity contribution < 1.29 is 22.3 Å². The fraction of sp³-hybridized carbons (Fsp3) is 0.233. The number of alkyl halides is 3. The number of nitrogens with zero attached hydrogens (tertiary/aromatic N) is 4. The standard InChI is InChI=1S/C30H27ClF4N4O2/c1-6-24(32)28(38(4)5)20-13-17(2)37-27-19(20)9-7-11-26(27)41-16-21-23(31)14-18(3)36-25(21)15-39-12-8-10-22(29(39)40)30(33,34)35/h6-14H,1,15-16H2,2-5H3/b28-24+. The largest absolute Gasteiger partial charge is 0.486 e. The van der Waals surface area contributed by atoms with Gasteiger partial charge in [0.25, 0.3) is 5.56 Å². The Bertz CT molecular complexity index is 1730. The molecule has 0 radical (unpaired) electrons. The molecule has 0 fully saturated rings.